The molecule has 2 aromatic heterocycles. The van der Waals surface area contributed by atoms with E-state index >= 15 is 0 Å². The van der Waals surface area contributed by atoms with Gasteiger partial charge in [-0.25, -0.2) is 9.48 Å². The summed E-state index contributed by atoms with van der Waals surface area (Å²) in [7, 11) is 1.84. The quantitative estimate of drug-likeness (QED) is 0.550. The monoisotopic (exact) mass is 461 g/mol. The molecule has 1 fully saturated rings. The Labute approximate surface area is 199 Å². The first-order valence-electron chi connectivity index (χ1n) is 11.5. The molecule has 1 amide bonds. The number of carbonyl (C=O) groups is 1. The minimum Gasteiger partial charge on any atom is -0.444 e. The number of hydrogen-bond donors (Lipinski definition) is 2. The maximum Gasteiger partial charge on any atom is 0.410 e. The lowest BCUT2D eigenvalue weighted by Crippen LogP contribution is -2.42. The number of hydrogen-bond acceptors (Lipinski definition) is 7. The largest absolute Gasteiger partial charge is 0.444 e. The smallest absolute Gasteiger partial charge is 0.410 e. The molecule has 0 radical (unpaired) electrons. The van der Waals surface area contributed by atoms with Crippen LogP contribution >= 0.6 is 0 Å². The van der Waals surface area contributed by atoms with Gasteiger partial charge in [0.25, 0.3) is 0 Å². The fourth-order valence-corrected chi connectivity index (χ4v) is 4.07. The van der Waals surface area contributed by atoms with Gasteiger partial charge >= 0.3 is 6.09 Å². The molecule has 1 aliphatic heterocycles. The highest BCUT2D eigenvalue weighted by Crippen LogP contribution is 2.28. The summed E-state index contributed by atoms with van der Waals surface area (Å²) in [6.45, 7) is 6.87. The third-order valence-corrected chi connectivity index (χ3v) is 5.78. The Bertz CT molecular complexity index is 1170. The zero-order valence-corrected chi connectivity index (χ0v) is 20.1. The Balaban J connectivity index is 1.55. The number of amides is 1. The second kappa shape index (κ2) is 9.62. The first kappa shape index (κ1) is 23.4. The van der Waals surface area contributed by atoms with Gasteiger partial charge in [-0.2, -0.15) is 0 Å². The molecule has 0 saturated carbocycles. The van der Waals surface area contributed by atoms with Gasteiger partial charge < -0.3 is 15.0 Å². The van der Waals surface area contributed by atoms with Crippen LogP contribution in [0.2, 0.25) is 0 Å². The molecule has 1 aliphatic rings. The lowest BCUT2D eigenvalue weighted by Gasteiger charge is -2.33. The number of aromatic nitrogens is 4. The molecule has 9 heteroatoms. The van der Waals surface area contributed by atoms with Crippen LogP contribution < -0.4 is 5.32 Å². The Morgan fingerprint density at radius 1 is 1.21 bits per heavy atom. The van der Waals surface area contributed by atoms with Gasteiger partial charge in [0.05, 0.1) is 23.3 Å². The summed E-state index contributed by atoms with van der Waals surface area (Å²) in [5.41, 5.74) is 3.93. The van der Waals surface area contributed by atoms with Crippen molar-refractivity contribution in [3.63, 3.8) is 0 Å². The van der Waals surface area contributed by atoms with E-state index in [1.54, 1.807) is 22.0 Å². The second-order valence-corrected chi connectivity index (χ2v) is 9.44. The number of rotatable bonds is 5. The maximum atomic E-state index is 12.5. The van der Waals surface area contributed by atoms with Crippen LogP contribution in [0.1, 0.15) is 56.4 Å². The molecule has 9 nitrogen and oxygen atoms in total. The predicted octanol–water partition coefficient (Wildman–Crippen LogP) is 4.23. The number of ether oxygens (including phenoxy) is 1. The standard InChI is InChI=1S/C25H31N7O2/c1-25(2,3)34-24(33)31-13-5-6-18(15-31)22-16-32(30-29-22)19-7-8-21(27-4)20(14-19)23(26)17-9-11-28-12-10-17/h7-12,14,16,18,26-27H,5-6,13,15H2,1-4H3/t18-/m1/s1. The van der Waals surface area contributed by atoms with E-state index in [-0.39, 0.29) is 12.0 Å². The van der Waals surface area contributed by atoms with E-state index in [1.807, 2.05) is 64.3 Å². The third kappa shape index (κ3) is 5.24. The van der Waals surface area contributed by atoms with Crippen LogP contribution in [0.3, 0.4) is 0 Å². The summed E-state index contributed by atoms with van der Waals surface area (Å²) >= 11 is 0. The minimum atomic E-state index is -0.519. The van der Waals surface area contributed by atoms with Gasteiger partial charge in [0.15, 0.2) is 0 Å². The average molecular weight is 462 g/mol. The van der Waals surface area contributed by atoms with Crippen molar-refractivity contribution in [3.05, 3.63) is 65.7 Å². The normalized spacial score (nSPS) is 16.2. The van der Waals surface area contributed by atoms with Gasteiger partial charge in [0.1, 0.15) is 5.60 Å². The number of benzene rings is 1. The molecular weight excluding hydrogens is 430 g/mol. The zero-order chi connectivity index (χ0) is 24.3. The Hall–Kier alpha value is -3.75. The molecule has 178 valence electrons. The topological polar surface area (TPSA) is 109 Å². The van der Waals surface area contributed by atoms with E-state index in [2.05, 4.69) is 20.6 Å². The molecule has 3 aromatic rings. The average Bonchev–Trinajstić information content (AvgIpc) is 3.33. The number of pyridine rings is 1. The van der Waals surface area contributed by atoms with Gasteiger partial charge in [0.2, 0.25) is 0 Å². The van der Waals surface area contributed by atoms with Crippen LogP contribution in [0.5, 0.6) is 0 Å². The summed E-state index contributed by atoms with van der Waals surface area (Å²) in [6, 6.07) is 9.46. The highest BCUT2D eigenvalue weighted by atomic mass is 16.6. The highest BCUT2D eigenvalue weighted by Gasteiger charge is 2.29. The van der Waals surface area contributed by atoms with Crippen molar-refractivity contribution in [3.8, 4) is 5.69 Å². The molecule has 3 heterocycles. The molecule has 34 heavy (non-hydrogen) atoms. The SMILES string of the molecule is CNc1ccc(-n2cc([C@@H]3CCCN(C(=O)OC(C)(C)C)C3)nn2)cc1C(=N)c1ccncc1. The van der Waals surface area contributed by atoms with Gasteiger partial charge in [-0.3, -0.25) is 10.4 Å². The molecular formula is C25H31N7O2. The number of anilines is 1. The third-order valence-electron chi connectivity index (χ3n) is 5.78. The van der Waals surface area contributed by atoms with Crippen molar-refractivity contribution in [2.45, 2.75) is 45.1 Å². The molecule has 0 spiro atoms. The predicted molar refractivity (Wildman–Crippen MR) is 131 cm³/mol. The summed E-state index contributed by atoms with van der Waals surface area (Å²) in [6.07, 6.45) is 6.82. The van der Waals surface area contributed by atoms with E-state index in [4.69, 9.17) is 10.1 Å². The number of nitrogens with zero attached hydrogens (tertiary/aromatic N) is 5. The summed E-state index contributed by atoms with van der Waals surface area (Å²) in [4.78, 5) is 18.3. The lowest BCUT2D eigenvalue weighted by molar-refractivity contribution is 0.0197. The summed E-state index contributed by atoms with van der Waals surface area (Å²) < 4.78 is 7.27. The van der Waals surface area contributed by atoms with Crippen molar-refractivity contribution in [1.82, 2.24) is 24.9 Å². The van der Waals surface area contributed by atoms with E-state index in [0.29, 0.717) is 18.8 Å². The molecule has 0 aliphatic carbocycles. The molecule has 1 aromatic carbocycles. The minimum absolute atomic E-state index is 0.0983. The van der Waals surface area contributed by atoms with Gasteiger partial charge in [0, 0.05) is 55.3 Å². The highest BCUT2D eigenvalue weighted by molar-refractivity contribution is 6.14. The van der Waals surface area contributed by atoms with Crippen LogP contribution in [0.25, 0.3) is 5.69 Å². The Morgan fingerprint density at radius 3 is 2.68 bits per heavy atom. The summed E-state index contributed by atoms with van der Waals surface area (Å²) in [5, 5.41) is 20.6. The number of nitrogens with one attached hydrogen (secondary N) is 2. The molecule has 1 saturated heterocycles. The number of piperidine rings is 1. The molecule has 0 bridgehead atoms. The van der Waals surface area contributed by atoms with Crippen LogP contribution in [0.4, 0.5) is 10.5 Å². The van der Waals surface area contributed by atoms with Crippen LogP contribution in [-0.4, -0.2) is 62.4 Å². The van der Waals surface area contributed by atoms with Crippen molar-refractivity contribution < 1.29 is 9.53 Å². The Morgan fingerprint density at radius 2 is 1.97 bits per heavy atom. The lowest BCUT2D eigenvalue weighted by atomic mass is 9.95. The molecule has 0 unspecified atom stereocenters. The van der Waals surface area contributed by atoms with Gasteiger partial charge in [-0.1, -0.05) is 5.21 Å². The number of carbonyl (C=O) groups excluding carboxylic acids is 1. The fraction of sp³-hybridized carbons (Fsp3) is 0.400. The first-order chi connectivity index (χ1) is 16.2. The first-order valence-corrected chi connectivity index (χ1v) is 11.5. The second-order valence-electron chi connectivity index (χ2n) is 9.44. The van der Waals surface area contributed by atoms with Crippen LogP contribution in [-0.2, 0) is 4.74 Å². The molecule has 1 atom stereocenters. The van der Waals surface area contributed by atoms with Crippen LogP contribution in [0, 0.1) is 5.41 Å². The molecule has 4 rings (SSSR count). The van der Waals surface area contributed by atoms with E-state index in [1.165, 1.54) is 0 Å². The van der Waals surface area contributed by atoms with E-state index in [9.17, 15) is 4.79 Å². The Kier molecular flexibility index (Phi) is 6.63. The van der Waals surface area contributed by atoms with Crippen LogP contribution in [0.15, 0.2) is 48.9 Å². The van der Waals surface area contributed by atoms with Crippen molar-refractivity contribution in [2.75, 3.05) is 25.5 Å². The fourth-order valence-electron chi connectivity index (χ4n) is 4.07. The van der Waals surface area contributed by atoms with Gasteiger partial charge in [-0.05, 0) is 63.9 Å². The van der Waals surface area contributed by atoms with E-state index in [0.717, 1.165) is 41.0 Å². The summed E-state index contributed by atoms with van der Waals surface area (Å²) in [5.74, 6) is 0.0983. The number of likely N-dealkylation sites (tertiary alicyclic amines) is 1. The van der Waals surface area contributed by atoms with E-state index < -0.39 is 5.60 Å². The van der Waals surface area contributed by atoms with Crippen molar-refractivity contribution >= 4 is 17.5 Å². The van der Waals surface area contributed by atoms with Crippen molar-refractivity contribution in [2.24, 2.45) is 0 Å². The molecule has 2 N–H and O–H groups in total. The van der Waals surface area contributed by atoms with Gasteiger partial charge in [-0.15, -0.1) is 5.10 Å². The maximum absolute atomic E-state index is 12.5. The van der Waals surface area contributed by atoms with Crippen molar-refractivity contribution in [1.29, 1.82) is 5.41 Å². The zero-order valence-electron chi connectivity index (χ0n) is 20.1.